The second kappa shape index (κ2) is 10.6. The molecule has 3 aromatic rings. The summed E-state index contributed by atoms with van der Waals surface area (Å²) in [5.74, 6) is 1.14. The van der Waals surface area contributed by atoms with E-state index in [0.717, 1.165) is 23.3 Å². The molecule has 0 radical (unpaired) electrons. The van der Waals surface area contributed by atoms with Gasteiger partial charge in [-0.1, -0.05) is 37.6 Å². The second-order valence-electron chi connectivity index (χ2n) is 9.95. The van der Waals surface area contributed by atoms with Crippen LogP contribution in [0.25, 0.3) is 11.0 Å². The van der Waals surface area contributed by atoms with Crippen molar-refractivity contribution in [3.63, 3.8) is 0 Å². The highest BCUT2D eigenvalue weighted by Gasteiger charge is 2.42. The molecule has 1 atom stereocenters. The van der Waals surface area contributed by atoms with Crippen molar-refractivity contribution >= 4 is 16.9 Å². The summed E-state index contributed by atoms with van der Waals surface area (Å²) in [7, 11) is 0. The van der Waals surface area contributed by atoms with Gasteiger partial charge in [-0.25, -0.2) is 0 Å². The van der Waals surface area contributed by atoms with Crippen molar-refractivity contribution in [3.05, 3.63) is 75.1 Å². The summed E-state index contributed by atoms with van der Waals surface area (Å²) in [6.45, 7) is 11.8. The van der Waals surface area contributed by atoms with Gasteiger partial charge in [-0.05, 0) is 69.4 Å². The van der Waals surface area contributed by atoms with Crippen LogP contribution >= 0.6 is 0 Å². The molecule has 0 aliphatic carbocycles. The number of ether oxygens (including phenoxy) is 2. The maximum absolute atomic E-state index is 13.7. The number of hydrogen-bond acceptors (Lipinski definition) is 5. The predicted molar refractivity (Wildman–Crippen MR) is 137 cm³/mol. The molecule has 0 saturated heterocycles. The summed E-state index contributed by atoms with van der Waals surface area (Å²) in [6.07, 6.45) is 1.73. The average Bonchev–Trinajstić information content (AvgIpc) is 3.09. The Morgan fingerprint density at radius 1 is 1.03 bits per heavy atom. The van der Waals surface area contributed by atoms with Crippen molar-refractivity contribution in [2.75, 3.05) is 19.8 Å². The van der Waals surface area contributed by atoms with Crippen molar-refractivity contribution in [1.29, 1.82) is 0 Å². The number of rotatable bonds is 10. The van der Waals surface area contributed by atoms with Gasteiger partial charge >= 0.3 is 0 Å². The molecule has 0 fully saturated rings. The van der Waals surface area contributed by atoms with E-state index in [0.29, 0.717) is 48.6 Å². The molecule has 2 heterocycles. The number of amides is 1. The highest BCUT2D eigenvalue weighted by molar-refractivity contribution is 5.99. The first-order valence-corrected chi connectivity index (χ1v) is 12.5. The van der Waals surface area contributed by atoms with Crippen LogP contribution in [0.3, 0.4) is 0 Å². The van der Waals surface area contributed by atoms with Gasteiger partial charge in [-0.15, -0.1) is 0 Å². The monoisotopic (exact) mass is 477 g/mol. The molecule has 6 heteroatoms. The van der Waals surface area contributed by atoms with Crippen LogP contribution in [0.15, 0.2) is 51.7 Å². The number of fused-ring (bicyclic) bond motifs is 2. The topological polar surface area (TPSA) is 69.0 Å². The van der Waals surface area contributed by atoms with Crippen molar-refractivity contribution in [2.45, 2.75) is 59.6 Å². The molecule has 186 valence electrons. The van der Waals surface area contributed by atoms with E-state index in [-0.39, 0.29) is 23.2 Å². The van der Waals surface area contributed by atoms with Gasteiger partial charge < -0.3 is 18.8 Å². The van der Waals surface area contributed by atoms with Gasteiger partial charge in [0, 0.05) is 13.2 Å². The molecule has 1 aliphatic rings. The zero-order valence-corrected chi connectivity index (χ0v) is 21.3. The van der Waals surface area contributed by atoms with Gasteiger partial charge in [0.25, 0.3) is 5.91 Å². The van der Waals surface area contributed by atoms with Crippen LogP contribution in [-0.4, -0.2) is 36.7 Å². The lowest BCUT2D eigenvalue weighted by Gasteiger charge is -2.25. The number of carbonyl (C=O) groups excluding carboxylic acids is 1. The largest absolute Gasteiger partial charge is 0.494 e. The number of aryl methyl sites for hydroxylation is 1. The first-order chi connectivity index (χ1) is 16.8. The Morgan fingerprint density at radius 2 is 1.83 bits per heavy atom. The van der Waals surface area contributed by atoms with Gasteiger partial charge in [-0.3, -0.25) is 9.59 Å². The van der Waals surface area contributed by atoms with E-state index in [4.69, 9.17) is 13.9 Å². The maximum Gasteiger partial charge on any atom is 0.290 e. The van der Waals surface area contributed by atoms with E-state index >= 15 is 0 Å². The zero-order valence-electron chi connectivity index (χ0n) is 21.3. The van der Waals surface area contributed by atoms with Crippen LogP contribution in [0.1, 0.15) is 73.8 Å². The van der Waals surface area contributed by atoms with Crippen LogP contribution in [0.5, 0.6) is 5.75 Å². The Labute approximate surface area is 206 Å². The van der Waals surface area contributed by atoms with E-state index in [9.17, 15) is 9.59 Å². The van der Waals surface area contributed by atoms with Gasteiger partial charge in [0.05, 0.1) is 29.7 Å². The third-order valence-corrected chi connectivity index (χ3v) is 6.25. The number of hydrogen-bond donors (Lipinski definition) is 0. The maximum atomic E-state index is 13.7. The van der Waals surface area contributed by atoms with E-state index in [2.05, 4.69) is 13.8 Å². The standard InChI is InChI=1S/C29H35NO5/c1-18(2)12-15-34-22-9-6-8-21(17-22)26-25-27(31)23-16-20(5)10-11-24(23)35-28(25)29(32)30(26)13-7-14-33-19(3)4/h6,8-11,16-19,26H,7,12-15H2,1-5H3. The minimum atomic E-state index is -0.536. The number of carbonyl (C=O) groups is 1. The molecule has 0 saturated carbocycles. The molecule has 0 bridgehead atoms. The quantitative estimate of drug-likeness (QED) is 0.341. The molecule has 1 aliphatic heterocycles. The molecule has 1 unspecified atom stereocenters. The van der Waals surface area contributed by atoms with Crippen LogP contribution in [-0.2, 0) is 4.74 Å². The molecule has 1 aromatic heterocycles. The summed E-state index contributed by atoms with van der Waals surface area (Å²) in [5, 5.41) is 0.496. The minimum absolute atomic E-state index is 0.119. The van der Waals surface area contributed by atoms with E-state index < -0.39 is 6.04 Å². The van der Waals surface area contributed by atoms with E-state index in [1.807, 2.05) is 57.2 Å². The minimum Gasteiger partial charge on any atom is -0.494 e. The zero-order chi connectivity index (χ0) is 25.1. The summed E-state index contributed by atoms with van der Waals surface area (Å²) in [4.78, 5) is 29.0. The first-order valence-electron chi connectivity index (χ1n) is 12.5. The lowest BCUT2D eigenvalue weighted by Crippen LogP contribution is -2.31. The molecule has 0 spiro atoms. The second-order valence-corrected chi connectivity index (χ2v) is 9.95. The van der Waals surface area contributed by atoms with Crippen LogP contribution in [0, 0.1) is 12.8 Å². The summed E-state index contributed by atoms with van der Waals surface area (Å²) in [5.41, 5.74) is 2.48. The van der Waals surface area contributed by atoms with Crippen LogP contribution in [0.2, 0.25) is 0 Å². The normalized spacial score (nSPS) is 15.5. The first kappa shape index (κ1) is 25.0. The Balaban J connectivity index is 1.75. The third kappa shape index (κ3) is 5.43. The molecule has 0 N–H and O–H groups in total. The average molecular weight is 478 g/mol. The van der Waals surface area contributed by atoms with E-state index in [1.165, 1.54) is 0 Å². The van der Waals surface area contributed by atoms with Crippen molar-refractivity contribution < 1.29 is 18.7 Å². The van der Waals surface area contributed by atoms with E-state index in [1.54, 1.807) is 11.0 Å². The van der Waals surface area contributed by atoms with Gasteiger partial charge in [-0.2, -0.15) is 0 Å². The number of nitrogens with zero attached hydrogens (tertiary/aromatic N) is 1. The predicted octanol–water partition coefficient (Wildman–Crippen LogP) is 5.89. The third-order valence-electron chi connectivity index (χ3n) is 6.25. The Kier molecular flexibility index (Phi) is 7.60. The SMILES string of the molecule is Cc1ccc2oc3c(c(=O)c2c1)C(c1cccc(OCCC(C)C)c1)N(CCCOC(C)C)C3=O. The highest BCUT2D eigenvalue weighted by atomic mass is 16.5. The molecule has 1 amide bonds. The van der Waals surface area contributed by atoms with Crippen molar-refractivity contribution in [1.82, 2.24) is 4.90 Å². The summed E-state index contributed by atoms with van der Waals surface area (Å²) >= 11 is 0. The molecular formula is C29H35NO5. The fourth-order valence-corrected chi connectivity index (χ4v) is 4.45. The van der Waals surface area contributed by atoms with Crippen molar-refractivity contribution in [2.24, 2.45) is 5.92 Å². The van der Waals surface area contributed by atoms with Gasteiger partial charge in [0.2, 0.25) is 5.76 Å². The molecule has 2 aromatic carbocycles. The van der Waals surface area contributed by atoms with Crippen LogP contribution in [0.4, 0.5) is 0 Å². The van der Waals surface area contributed by atoms with Crippen LogP contribution < -0.4 is 10.2 Å². The summed E-state index contributed by atoms with van der Waals surface area (Å²) in [6, 6.07) is 12.6. The Bertz CT molecular complexity index is 1260. The fourth-order valence-electron chi connectivity index (χ4n) is 4.45. The number of benzene rings is 2. The Hall–Kier alpha value is -3.12. The van der Waals surface area contributed by atoms with Gasteiger partial charge in [0.15, 0.2) is 5.43 Å². The molecular weight excluding hydrogens is 442 g/mol. The van der Waals surface area contributed by atoms with Crippen molar-refractivity contribution in [3.8, 4) is 5.75 Å². The molecule has 4 rings (SSSR count). The molecule has 6 nitrogen and oxygen atoms in total. The smallest absolute Gasteiger partial charge is 0.290 e. The van der Waals surface area contributed by atoms with Gasteiger partial charge in [0.1, 0.15) is 11.3 Å². The summed E-state index contributed by atoms with van der Waals surface area (Å²) < 4.78 is 17.7. The molecule has 35 heavy (non-hydrogen) atoms. The lowest BCUT2D eigenvalue weighted by molar-refractivity contribution is 0.0593. The fraction of sp³-hybridized carbons (Fsp3) is 0.448. The lowest BCUT2D eigenvalue weighted by atomic mass is 9.98. The Morgan fingerprint density at radius 3 is 2.57 bits per heavy atom. The highest BCUT2D eigenvalue weighted by Crippen LogP contribution is 2.39.